The molecule has 0 aliphatic carbocycles. The zero-order valence-electron chi connectivity index (χ0n) is 10.7. The lowest BCUT2D eigenvalue weighted by molar-refractivity contribution is -0.101. The van der Waals surface area contributed by atoms with E-state index in [1.165, 1.54) is 5.56 Å². The van der Waals surface area contributed by atoms with Crippen LogP contribution in [0, 0.1) is 0 Å². The highest BCUT2D eigenvalue weighted by Gasteiger charge is 2.48. The third-order valence-electron chi connectivity index (χ3n) is 4.26. The van der Waals surface area contributed by atoms with E-state index in [-0.39, 0.29) is 5.41 Å². The molecule has 2 fully saturated rings. The molecule has 0 amide bonds. The minimum atomic E-state index is 0.00139. The highest BCUT2D eigenvalue weighted by molar-refractivity contribution is 5.48. The molecule has 3 heterocycles. The van der Waals surface area contributed by atoms with Gasteiger partial charge in [0.05, 0.1) is 31.8 Å². The summed E-state index contributed by atoms with van der Waals surface area (Å²) >= 11 is 0. The minimum Gasteiger partial charge on any atom is -0.454 e. The summed E-state index contributed by atoms with van der Waals surface area (Å²) in [6.07, 6.45) is 0. The summed E-state index contributed by atoms with van der Waals surface area (Å²) in [5.74, 6) is 1.66. The fourth-order valence-electron chi connectivity index (χ4n) is 3.02. The summed E-state index contributed by atoms with van der Waals surface area (Å²) in [5.41, 5.74) is 1.24. The van der Waals surface area contributed by atoms with Crippen molar-refractivity contribution in [2.75, 3.05) is 39.8 Å². The molecule has 0 radical (unpaired) electrons. The molecular formula is C14H17NO4. The standard InChI is InChI=1S/C14H17NO4/c1-2-11-12(19-9-18-11)5-10(1)14(7-17-8-14)13-6-16-4-3-15-13/h1-2,5,13,15H,3-4,6-9H2. The molecule has 0 bridgehead atoms. The van der Waals surface area contributed by atoms with Crippen LogP contribution in [-0.4, -0.2) is 45.8 Å². The summed E-state index contributed by atoms with van der Waals surface area (Å²) in [4.78, 5) is 0. The molecule has 3 aliphatic rings. The van der Waals surface area contributed by atoms with Crippen LogP contribution < -0.4 is 14.8 Å². The molecule has 4 rings (SSSR count). The van der Waals surface area contributed by atoms with Gasteiger partial charge in [-0.25, -0.2) is 0 Å². The molecule has 102 valence electrons. The van der Waals surface area contributed by atoms with E-state index >= 15 is 0 Å². The van der Waals surface area contributed by atoms with Gasteiger partial charge < -0.3 is 24.3 Å². The maximum atomic E-state index is 5.60. The fourth-order valence-corrected chi connectivity index (χ4v) is 3.02. The van der Waals surface area contributed by atoms with Gasteiger partial charge in [-0.3, -0.25) is 0 Å². The first-order chi connectivity index (χ1) is 9.38. The Bertz CT molecular complexity index is 480. The zero-order chi connectivity index (χ0) is 12.7. The molecule has 5 heteroatoms. The second-order valence-corrected chi connectivity index (χ2v) is 5.30. The van der Waals surface area contributed by atoms with Crippen molar-refractivity contribution in [2.45, 2.75) is 11.5 Å². The van der Waals surface area contributed by atoms with E-state index in [0.29, 0.717) is 12.8 Å². The monoisotopic (exact) mass is 263 g/mol. The topological polar surface area (TPSA) is 49.0 Å². The van der Waals surface area contributed by atoms with E-state index < -0.39 is 0 Å². The SMILES string of the molecule is c1cc2c(cc1C1(C3COCCN3)COC1)OCO2. The Morgan fingerprint density at radius 3 is 2.74 bits per heavy atom. The summed E-state index contributed by atoms with van der Waals surface area (Å²) < 4.78 is 21.9. The summed E-state index contributed by atoms with van der Waals surface area (Å²) in [6, 6.07) is 6.49. The van der Waals surface area contributed by atoms with Gasteiger partial charge in [-0.15, -0.1) is 0 Å². The Morgan fingerprint density at radius 2 is 2.00 bits per heavy atom. The van der Waals surface area contributed by atoms with Gasteiger partial charge in [0.25, 0.3) is 0 Å². The van der Waals surface area contributed by atoms with Crippen LogP contribution in [0.3, 0.4) is 0 Å². The van der Waals surface area contributed by atoms with Crippen LogP contribution in [0.15, 0.2) is 18.2 Å². The van der Waals surface area contributed by atoms with Crippen LogP contribution in [0.5, 0.6) is 11.5 Å². The molecule has 19 heavy (non-hydrogen) atoms. The number of hydrogen-bond acceptors (Lipinski definition) is 5. The van der Waals surface area contributed by atoms with Crippen LogP contribution in [0.25, 0.3) is 0 Å². The lowest BCUT2D eigenvalue weighted by atomic mass is 9.72. The van der Waals surface area contributed by atoms with E-state index in [1.807, 2.05) is 6.07 Å². The Morgan fingerprint density at radius 1 is 1.11 bits per heavy atom. The van der Waals surface area contributed by atoms with E-state index in [0.717, 1.165) is 44.5 Å². The summed E-state index contributed by atoms with van der Waals surface area (Å²) in [6.45, 7) is 4.19. The lowest BCUT2D eigenvalue weighted by Crippen LogP contribution is -2.63. The molecule has 2 saturated heterocycles. The summed E-state index contributed by atoms with van der Waals surface area (Å²) in [5, 5.41) is 3.55. The largest absolute Gasteiger partial charge is 0.454 e. The Kier molecular flexibility index (Phi) is 2.65. The number of morpholine rings is 1. The van der Waals surface area contributed by atoms with Crippen LogP contribution >= 0.6 is 0 Å². The highest BCUT2D eigenvalue weighted by atomic mass is 16.7. The lowest BCUT2D eigenvalue weighted by Gasteiger charge is -2.49. The number of fused-ring (bicyclic) bond motifs is 1. The number of nitrogens with one attached hydrogen (secondary N) is 1. The quantitative estimate of drug-likeness (QED) is 0.850. The third-order valence-corrected chi connectivity index (χ3v) is 4.26. The molecule has 5 nitrogen and oxygen atoms in total. The van der Waals surface area contributed by atoms with Gasteiger partial charge in [-0.05, 0) is 17.7 Å². The van der Waals surface area contributed by atoms with Gasteiger partial charge in [-0.1, -0.05) is 6.07 Å². The van der Waals surface area contributed by atoms with Gasteiger partial charge in [0.1, 0.15) is 0 Å². The number of hydrogen-bond donors (Lipinski definition) is 1. The Hall–Kier alpha value is -1.30. The van der Waals surface area contributed by atoms with E-state index in [2.05, 4.69) is 17.4 Å². The van der Waals surface area contributed by atoms with Crippen LogP contribution in [0.4, 0.5) is 0 Å². The van der Waals surface area contributed by atoms with E-state index in [4.69, 9.17) is 18.9 Å². The van der Waals surface area contributed by atoms with Crippen molar-refractivity contribution in [2.24, 2.45) is 0 Å². The molecule has 3 aliphatic heterocycles. The molecule has 0 saturated carbocycles. The van der Waals surface area contributed by atoms with Crippen LogP contribution in [0.1, 0.15) is 5.56 Å². The van der Waals surface area contributed by atoms with Crippen molar-refractivity contribution in [1.82, 2.24) is 5.32 Å². The molecule has 1 N–H and O–H groups in total. The van der Waals surface area contributed by atoms with Gasteiger partial charge >= 0.3 is 0 Å². The molecular weight excluding hydrogens is 246 g/mol. The van der Waals surface area contributed by atoms with Gasteiger partial charge in [-0.2, -0.15) is 0 Å². The maximum Gasteiger partial charge on any atom is 0.231 e. The summed E-state index contributed by atoms with van der Waals surface area (Å²) in [7, 11) is 0. The predicted octanol–water partition coefficient (Wildman–Crippen LogP) is 0.672. The average molecular weight is 263 g/mol. The molecule has 1 aromatic rings. The van der Waals surface area contributed by atoms with Crippen molar-refractivity contribution in [1.29, 1.82) is 0 Å². The highest BCUT2D eigenvalue weighted by Crippen LogP contribution is 2.41. The number of ether oxygens (including phenoxy) is 4. The van der Waals surface area contributed by atoms with Crippen molar-refractivity contribution < 1.29 is 18.9 Å². The van der Waals surface area contributed by atoms with Crippen molar-refractivity contribution >= 4 is 0 Å². The first-order valence-corrected chi connectivity index (χ1v) is 6.67. The first kappa shape index (κ1) is 11.5. The van der Waals surface area contributed by atoms with Gasteiger partial charge in [0, 0.05) is 12.6 Å². The average Bonchev–Trinajstić information content (AvgIpc) is 2.86. The normalized spacial score (nSPS) is 27.9. The molecule has 1 unspecified atom stereocenters. The zero-order valence-corrected chi connectivity index (χ0v) is 10.7. The third kappa shape index (κ3) is 1.73. The second-order valence-electron chi connectivity index (χ2n) is 5.30. The van der Waals surface area contributed by atoms with Crippen LogP contribution in [-0.2, 0) is 14.9 Å². The van der Waals surface area contributed by atoms with Crippen molar-refractivity contribution in [3.63, 3.8) is 0 Å². The van der Waals surface area contributed by atoms with Crippen molar-refractivity contribution in [3.05, 3.63) is 23.8 Å². The van der Waals surface area contributed by atoms with Crippen LogP contribution in [0.2, 0.25) is 0 Å². The minimum absolute atomic E-state index is 0.00139. The maximum absolute atomic E-state index is 5.60. The predicted molar refractivity (Wildman–Crippen MR) is 67.7 cm³/mol. The van der Waals surface area contributed by atoms with Gasteiger partial charge in [0.2, 0.25) is 6.79 Å². The smallest absolute Gasteiger partial charge is 0.231 e. The molecule has 1 aromatic carbocycles. The molecule has 0 spiro atoms. The number of benzene rings is 1. The fraction of sp³-hybridized carbons (Fsp3) is 0.571. The van der Waals surface area contributed by atoms with E-state index in [9.17, 15) is 0 Å². The molecule has 0 aromatic heterocycles. The Labute approximate surface area is 111 Å². The van der Waals surface area contributed by atoms with E-state index in [1.54, 1.807) is 0 Å². The first-order valence-electron chi connectivity index (χ1n) is 6.67. The Balaban J connectivity index is 1.68. The van der Waals surface area contributed by atoms with Crippen molar-refractivity contribution in [3.8, 4) is 11.5 Å². The number of rotatable bonds is 2. The molecule has 1 atom stereocenters. The van der Waals surface area contributed by atoms with Gasteiger partial charge in [0.15, 0.2) is 11.5 Å². The second kappa shape index (κ2) is 4.37.